The third-order valence-electron chi connectivity index (χ3n) is 3.92. The van der Waals surface area contributed by atoms with Crippen molar-refractivity contribution in [3.05, 3.63) is 69.8 Å². The van der Waals surface area contributed by atoms with Crippen molar-refractivity contribution in [2.75, 3.05) is 0 Å². The Bertz CT molecular complexity index is 809. The molecule has 0 heterocycles. The van der Waals surface area contributed by atoms with Crippen LogP contribution in [0.25, 0.3) is 0 Å². The lowest BCUT2D eigenvalue weighted by molar-refractivity contribution is 0.00591. The first-order chi connectivity index (χ1) is 13.2. The van der Waals surface area contributed by atoms with Crippen LogP contribution in [0.1, 0.15) is 57.9 Å². The van der Waals surface area contributed by atoms with Gasteiger partial charge in [-0.15, -0.1) is 0 Å². The molecule has 0 N–H and O–H groups in total. The molecule has 5 nitrogen and oxygen atoms in total. The minimum Gasteiger partial charge on any atom is -0.426 e. The van der Waals surface area contributed by atoms with Gasteiger partial charge in [-0.2, -0.15) is 0 Å². The van der Waals surface area contributed by atoms with Gasteiger partial charge in [-0.05, 0) is 49.2 Å². The monoisotopic (exact) mass is 398 g/mol. The van der Waals surface area contributed by atoms with Crippen LogP contribution in [0.15, 0.2) is 24.3 Å². The summed E-state index contributed by atoms with van der Waals surface area (Å²) < 4.78 is 64.3. The number of benzene rings is 2. The summed E-state index contributed by atoms with van der Waals surface area (Å²) in [6, 6.07) is 3.32. The summed E-state index contributed by atoms with van der Waals surface area (Å²) in [7, 11) is 0. The van der Waals surface area contributed by atoms with Gasteiger partial charge in [-0.25, -0.2) is 22.4 Å². The predicted octanol–water partition coefficient (Wildman–Crippen LogP) is 4.84. The van der Waals surface area contributed by atoms with Gasteiger partial charge in [0.1, 0.15) is 35.5 Å². The topological polar surface area (TPSA) is 69.7 Å². The molecule has 0 amide bonds. The van der Waals surface area contributed by atoms with E-state index in [0.717, 1.165) is 24.3 Å². The SMILES string of the molecule is CC(OC(=O)OC(C)c1cc(F)c(C=O)c(F)c1)c1cc(F)c(C=O)c(F)c1. The third kappa shape index (κ3) is 4.54. The van der Waals surface area contributed by atoms with E-state index in [2.05, 4.69) is 0 Å². The Morgan fingerprint density at radius 3 is 1.29 bits per heavy atom. The maximum atomic E-state index is 13.6. The van der Waals surface area contributed by atoms with E-state index in [4.69, 9.17) is 9.47 Å². The molecule has 0 spiro atoms. The highest BCUT2D eigenvalue weighted by Crippen LogP contribution is 2.25. The Morgan fingerprint density at radius 1 is 0.750 bits per heavy atom. The highest BCUT2D eigenvalue weighted by atomic mass is 19.1. The summed E-state index contributed by atoms with van der Waals surface area (Å²) in [5, 5.41) is 0. The van der Waals surface area contributed by atoms with Crippen molar-refractivity contribution in [1.82, 2.24) is 0 Å². The van der Waals surface area contributed by atoms with Gasteiger partial charge in [0.05, 0.1) is 11.1 Å². The minimum atomic E-state index is -1.26. The molecule has 0 aliphatic carbocycles. The van der Waals surface area contributed by atoms with Crippen LogP contribution < -0.4 is 0 Å². The van der Waals surface area contributed by atoms with Crippen LogP contribution in [0.3, 0.4) is 0 Å². The number of rotatable bonds is 6. The van der Waals surface area contributed by atoms with Gasteiger partial charge in [0, 0.05) is 0 Å². The third-order valence-corrected chi connectivity index (χ3v) is 3.92. The average molecular weight is 398 g/mol. The van der Waals surface area contributed by atoms with E-state index >= 15 is 0 Å². The molecule has 2 aromatic rings. The summed E-state index contributed by atoms with van der Waals surface area (Å²) >= 11 is 0. The molecule has 148 valence electrons. The van der Waals surface area contributed by atoms with Crippen molar-refractivity contribution < 1.29 is 41.4 Å². The number of hydrogen-bond acceptors (Lipinski definition) is 5. The average Bonchev–Trinajstić information content (AvgIpc) is 2.60. The molecule has 2 atom stereocenters. The Kier molecular flexibility index (Phi) is 6.50. The van der Waals surface area contributed by atoms with Gasteiger partial charge in [0.25, 0.3) is 0 Å². The molecule has 0 saturated heterocycles. The van der Waals surface area contributed by atoms with Crippen molar-refractivity contribution in [3.8, 4) is 0 Å². The molecule has 0 aliphatic heterocycles. The van der Waals surface area contributed by atoms with Crippen LogP contribution in [0, 0.1) is 23.3 Å². The number of carbonyl (C=O) groups is 3. The van der Waals surface area contributed by atoms with E-state index in [-0.39, 0.29) is 23.7 Å². The highest BCUT2D eigenvalue weighted by molar-refractivity contribution is 5.76. The summed E-state index contributed by atoms with van der Waals surface area (Å²) in [5.74, 6) is -4.49. The van der Waals surface area contributed by atoms with Crippen LogP contribution in [-0.4, -0.2) is 18.7 Å². The van der Waals surface area contributed by atoms with E-state index in [9.17, 15) is 31.9 Å². The van der Waals surface area contributed by atoms with Crippen molar-refractivity contribution >= 4 is 18.7 Å². The molecule has 0 fully saturated rings. The molecular weight excluding hydrogens is 384 g/mol. The molecule has 0 bridgehead atoms. The van der Waals surface area contributed by atoms with Gasteiger partial charge in [0.2, 0.25) is 0 Å². The van der Waals surface area contributed by atoms with Crippen molar-refractivity contribution in [2.24, 2.45) is 0 Å². The molecule has 2 rings (SSSR count). The molecule has 0 aliphatic rings. The molecule has 9 heteroatoms. The zero-order valence-electron chi connectivity index (χ0n) is 14.7. The zero-order chi connectivity index (χ0) is 21.0. The number of carbonyl (C=O) groups excluding carboxylic acids is 3. The van der Waals surface area contributed by atoms with E-state index in [1.165, 1.54) is 13.8 Å². The van der Waals surface area contributed by atoms with Crippen LogP contribution in [0.2, 0.25) is 0 Å². The first-order valence-electron chi connectivity index (χ1n) is 7.93. The van der Waals surface area contributed by atoms with Gasteiger partial charge in [-0.1, -0.05) is 0 Å². The lowest BCUT2D eigenvalue weighted by Crippen LogP contribution is -2.14. The quantitative estimate of drug-likeness (QED) is 0.396. The molecule has 0 aromatic heterocycles. The van der Waals surface area contributed by atoms with Gasteiger partial charge in [0.15, 0.2) is 12.6 Å². The normalized spacial score (nSPS) is 12.8. The van der Waals surface area contributed by atoms with Crippen LogP contribution >= 0.6 is 0 Å². The van der Waals surface area contributed by atoms with Gasteiger partial charge >= 0.3 is 6.16 Å². The molecule has 0 radical (unpaired) electrons. The number of halogens is 4. The van der Waals surface area contributed by atoms with Crippen LogP contribution in [-0.2, 0) is 9.47 Å². The van der Waals surface area contributed by atoms with E-state index in [0.29, 0.717) is 0 Å². The maximum Gasteiger partial charge on any atom is 0.509 e. The smallest absolute Gasteiger partial charge is 0.426 e. The fourth-order valence-corrected chi connectivity index (χ4v) is 2.35. The van der Waals surface area contributed by atoms with Crippen molar-refractivity contribution in [1.29, 1.82) is 0 Å². The Balaban J connectivity index is 2.09. The molecule has 28 heavy (non-hydrogen) atoms. The molecular formula is C19H14F4O5. The summed E-state index contributed by atoms with van der Waals surface area (Å²) in [5.41, 5.74) is -1.65. The minimum absolute atomic E-state index is 0.0179. The largest absolute Gasteiger partial charge is 0.509 e. The Hall–Kier alpha value is -3.23. The van der Waals surface area contributed by atoms with Crippen molar-refractivity contribution in [3.63, 3.8) is 0 Å². The predicted molar refractivity (Wildman–Crippen MR) is 87.9 cm³/mol. The zero-order valence-corrected chi connectivity index (χ0v) is 14.7. The fourth-order valence-electron chi connectivity index (χ4n) is 2.35. The molecule has 0 saturated carbocycles. The Morgan fingerprint density at radius 2 is 1.04 bits per heavy atom. The van der Waals surface area contributed by atoms with Gasteiger partial charge in [-0.3, -0.25) is 9.59 Å². The molecule has 2 aromatic carbocycles. The number of aldehydes is 2. The second-order valence-corrected chi connectivity index (χ2v) is 5.80. The standard InChI is InChI=1S/C19H14F4O5/c1-9(11-3-15(20)13(7-24)16(21)4-11)27-19(26)28-10(2)12-5-17(22)14(8-25)18(23)6-12/h3-10H,1-2H3. The second-order valence-electron chi connectivity index (χ2n) is 5.80. The molecule has 2 unspecified atom stereocenters. The highest BCUT2D eigenvalue weighted by Gasteiger charge is 2.21. The lowest BCUT2D eigenvalue weighted by atomic mass is 10.1. The van der Waals surface area contributed by atoms with E-state index < -0.39 is 52.8 Å². The summed E-state index contributed by atoms with van der Waals surface area (Å²) in [4.78, 5) is 33.1. The van der Waals surface area contributed by atoms with Gasteiger partial charge < -0.3 is 9.47 Å². The second kappa shape index (κ2) is 8.64. The fraction of sp³-hybridized carbons (Fsp3) is 0.211. The van der Waals surface area contributed by atoms with Crippen LogP contribution in [0.4, 0.5) is 22.4 Å². The lowest BCUT2D eigenvalue weighted by Gasteiger charge is -2.18. The van der Waals surface area contributed by atoms with Crippen LogP contribution in [0.5, 0.6) is 0 Å². The Labute approximate surface area is 156 Å². The first-order valence-corrected chi connectivity index (χ1v) is 7.93. The first kappa shape index (κ1) is 21.1. The van der Waals surface area contributed by atoms with Crippen molar-refractivity contribution in [2.45, 2.75) is 26.1 Å². The summed E-state index contributed by atoms with van der Waals surface area (Å²) in [6.07, 6.45) is -3.51. The maximum absolute atomic E-state index is 13.6. The number of hydrogen-bond donors (Lipinski definition) is 0. The van der Waals surface area contributed by atoms with E-state index in [1.807, 2.05) is 0 Å². The number of ether oxygens (including phenoxy) is 2. The van der Waals surface area contributed by atoms with E-state index in [1.54, 1.807) is 0 Å². The summed E-state index contributed by atoms with van der Waals surface area (Å²) in [6.45, 7) is 2.61.